The fraction of sp³-hybridized carbons (Fsp3) is 0.167. The SMILES string of the molecule is COc1cc(OC)c(OC)cc1CNn1c(-c2ccc(F)cc2)nc2ccccc2c1=O. The predicted octanol–water partition coefficient (Wildman–Crippen LogP) is 3.97. The average Bonchev–Trinajstić information content (AvgIpc) is 2.83. The van der Waals surface area contributed by atoms with Crippen LogP contribution >= 0.6 is 0 Å². The van der Waals surface area contributed by atoms with Crippen LogP contribution in [-0.4, -0.2) is 31.0 Å². The summed E-state index contributed by atoms with van der Waals surface area (Å²) in [6.45, 7) is 0.234. The molecule has 0 radical (unpaired) electrons. The van der Waals surface area contributed by atoms with Crippen LogP contribution in [0.15, 0.2) is 65.5 Å². The zero-order chi connectivity index (χ0) is 22.7. The molecule has 0 aliphatic heterocycles. The third kappa shape index (κ3) is 3.94. The maximum Gasteiger partial charge on any atom is 0.280 e. The Morgan fingerprint density at radius 3 is 2.25 bits per heavy atom. The molecule has 0 fully saturated rings. The van der Waals surface area contributed by atoms with Gasteiger partial charge in [0.15, 0.2) is 17.3 Å². The zero-order valence-corrected chi connectivity index (χ0v) is 17.9. The van der Waals surface area contributed by atoms with Crippen molar-refractivity contribution in [1.29, 1.82) is 0 Å². The second kappa shape index (κ2) is 8.97. The number of ether oxygens (including phenoxy) is 3. The Bertz CT molecular complexity index is 1320. The first-order valence-corrected chi connectivity index (χ1v) is 9.86. The molecule has 1 aromatic heterocycles. The predicted molar refractivity (Wildman–Crippen MR) is 121 cm³/mol. The summed E-state index contributed by atoms with van der Waals surface area (Å²) in [4.78, 5) is 18.0. The number of hydrogen-bond donors (Lipinski definition) is 1. The molecule has 0 aliphatic carbocycles. The van der Waals surface area contributed by atoms with Gasteiger partial charge in [0.2, 0.25) is 0 Å². The van der Waals surface area contributed by atoms with Gasteiger partial charge in [0.25, 0.3) is 5.56 Å². The molecule has 32 heavy (non-hydrogen) atoms. The highest BCUT2D eigenvalue weighted by molar-refractivity contribution is 5.79. The first-order valence-electron chi connectivity index (χ1n) is 9.86. The molecule has 0 amide bonds. The molecule has 1 heterocycles. The lowest BCUT2D eigenvalue weighted by Gasteiger charge is -2.18. The largest absolute Gasteiger partial charge is 0.496 e. The van der Waals surface area contributed by atoms with E-state index in [2.05, 4.69) is 10.4 Å². The van der Waals surface area contributed by atoms with Crippen LogP contribution in [0.3, 0.4) is 0 Å². The number of benzene rings is 3. The van der Waals surface area contributed by atoms with Gasteiger partial charge in [-0.2, -0.15) is 0 Å². The fourth-order valence-corrected chi connectivity index (χ4v) is 3.47. The molecular formula is C24H22FN3O4. The summed E-state index contributed by atoms with van der Waals surface area (Å²) in [7, 11) is 4.65. The van der Waals surface area contributed by atoms with Crippen molar-refractivity contribution in [2.45, 2.75) is 6.54 Å². The Morgan fingerprint density at radius 1 is 0.906 bits per heavy atom. The summed E-state index contributed by atoms with van der Waals surface area (Å²) < 4.78 is 31.1. The molecule has 8 heteroatoms. The molecular weight excluding hydrogens is 413 g/mol. The maximum absolute atomic E-state index is 13.5. The van der Waals surface area contributed by atoms with Gasteiger partial charge in [-0.05, 0) is 42.5 Å². The van der Waals surface area contributed by atoms with E-state index in [1.54, 1.807) is 63.8 Å². The maximum atomic E-state index is 13.5. The number of methoxy groups -OCH3 is 3. The number of aromatic nitrogens is 2. The Morgan fingerprint density at radius 2 is 1.56 bits per heavy atom. The van der Waals surface area contributed by atoms with Crippen LogP contribution in [-0.2, 0) is 6.54 Å². The van der Waals surface area contributed by atoms with Crippen molar-refractivity contribution in [3.05, 3.63) is 82.4 Å². The Balaban J connectivity index is 1.81. The highest BCUT2D eigenvalue weighted by Gasteiger charge is 2.16. The number of rotatable bonds is 7. The van der Waals surface area contributed by atoms with Crippen LogP contribution in [0.25, 0.3) is 22.3 Å². The zero-order valence-electron chi connectivity index (χ0n) is 17.9. The van der Waals surface area contributed by atoms with E-state index >= 15 is 0 Å². The van der Waals surface area contributed by atoms with Crippen molar-refractivity contribution < 1.29 is 18.6 Å². The van der Waals surface area contributed by atoms with Crippen molar-refractivity contribution in [3.8, 4) is 28.6 Å². The highest BCUT2D eigenvalue weighted by Crippen LogP contribution is 2.34. The van der Waals surface area contributed by atoms with E-state index in [4.69, 9.17) is 14.2 Å². The molecule has 0 unspecified atom stereocenters. The number of halogens is 1. The number of para-hydroxylation sites is 1. The quantitative estimate of drug-likeness (QED) is 0.474. The smallest absolute Gasteiger partial charge is 0.280 e. The van der Waals surface area contributed by atoms with Crippen LogP contribution in [0.5, 0.6) is 17.2 Å². The van der Waals surface area contributed by atoms with Crippen LogP contribution in [0.1, 0.15) is 5.56 Å². The summed E-state index contributed by atoms with van der Waals surface area (Å²) in [5, 5.41) is 0.463. The monoisotopic (exact) mass is 435 g/mol. The van der Waals surface area contributed by atoms with Crippen molar-refractivity contribution in [2.24, 2.45) is 0 Å². The minimum Gasteiger partial charge on any atom is -0.496 e. The number of nitrogens with zero attached hydrogens (tertiary/aromatic N) is 2. The average molecular weight is 435 g/mol. The van der Waals surface area contributed by atoms with E-state index in [1.807, 2.05) is 6.07 Å². The lowest BCUT2D eigenvalue weighted by atomic mass is 10.1. The lowest BCUT2D eigenvalue weighted by molar-refractivity contribution is 0.347. The van der Waals surface area contributed by atoms with Crippen LogP contribution < -0.4 is 25.2 Å². The van der Waals surface area contributed by atoms with E-state index in [-0.39, 0.29) is 17.9 Å². The van der Waals surface area contributed by atoms with E-state index in [0.717, 1.165) is 5.56 Å². The number of nitrogens with one attached hydrogen (secondary N) is 1. The molecule has 0 bridgehead atoms. The molecule has 3 aromatic carbocycles. The van der Waals surface area contributed by atoms with Gasteiger partial charge in [-0.1, -0.05) is 12.1 Å². The van der Waals surface area contributed by atoms with Crippen molar-refractivity contribution in [2.75, 3.05) is 26.8 Å². The van der Waals surface area contributed by atoms with Crippen molar-refractivity contribution in [1.82, 2.24) is 9.66 Å². The summed E-state index contributed by atoms with van der Waals surface area (Å²) in [6, 6.07) is 16.4. The van der Waals surface area contributed by atoms with Gasteiger partial charge < -0.3 is 19.6 Å². The van der Waals surface area contributed by atoms with Crippen LogP contribution in [0.4, 0.5) is 4.39 Å². The van der Waals surface area contributed by atoms with E-state index in [0.29, 0.717) is 39.5 Å². The normalized spacial score (nSPS) is 10.8. The second-order valence-corrected chi connectivity index (χ2v) is 6.95. The molecule has 7 nitrogen and oxygen atoms in total. The van der Waals surface area contributed by atoms with Gasteiger partial charge in [-0.15, -0.1) is 0 Å². The van der Waals surface area contributed by atoms with E-state index in [9.17, 15) is 9.18 Å². The Kier molecular flexibility index (Phi) is 5.93. The molecule has 164 valence electrons. The van der Waals surface area contributed by atoms with Crippen LogP contribution in [0.2, 0.25) is 0 Å². The Hall–Kier alpha value is -4.07. The molecule has 0 spiro atoms. The van der Waals surface area contributed by atoms with Gasteiger partial charge in [0.05, 0.1) is 38.8 Å². The fourth-order valence-electron chi connectivity index (χ4n) is 3.47. The molecule has 0 saturated heterocycles. The highest BCUT2D eigenvalue weighted by atomic mass is 19.1. The van der Waals surface area contributed by atoms with E-state index in [1.165, 1.54) is 16.8 Å². The molecule has 0 aliphatic rings. The summed E-state index contributed by atoms with van der Waals surface area (Å²) in [6.07, 6.45) is 0. The van der Waals surface area contributed by atoms with Crippen LogP contribution in [0, 0.1) is 5.82 Å². The first-order chi connectivity index (χ1) is 15.5. The topological polar surface area (TPSA) is 74.6 Å². The molecule has 0 atom stereocenters. The van der Waals surface area contributed by atoms with Gasteiger partial charge in [0, 0.05) is 17.2 Å². The minimum absolute atomic E-state index is 0.234. The molecule has 1 N–H and O–H groups in total. The number of fused-ring (bicyclic) bond motifs is 1. The minimum atomic E-state index is -0.369. The van der Waals surface area contributed by atoms with Gasteiger partial charge in [-0.3, -0.25) is 4.79 Å². The standard InChI is InChI=1S/C24H22FN3O4/c1-30-20-13-22(32-3)21(31-2)12-16(20)14-26-28-23(15-8-10-17(25)11-9-15)27-19-7-5-4-6-18(19)24(28)29/h4-13,26H,14H2,1-3H3. The third-order valence-corrected chi connectivity index (χ3v) is 5.09. The van der Waals surface area contributed by atoms with Gasteiger partial charge in [-0.25, -0.2) is 14.1 Å². The Labute approximate surface area is 184 Å². The first kappa shape index (κ1) is 21.2. The molecule has 0 saturated carbocycles. The summed E-state index contributed by atoms with van der Waals surface area (Å²) in [5.74, 6) is 1.64. The third-order valence-electron chi connectivity index (χ3n) is 5.09. The van der Waals surface area contributed by atoms with E-state index < -0.39 is 0 Å². The van der Waals surface area contributed by atoms with Crippen molar-refractivity contribution >= 4 is 10.9 Å². The lowest BCUT2D eigenvalue weighted by Crippen LogP contribution is -2.31. The number of hydrogen-bond acceptors (Lipinski definition) is 6. The van der Waals surface area contributed by atoms with Gasteiger partial charge in [0.1, 0.15) is 11.6 Å². The summed E-state index contributed by atoms with van der Waals surface area (Å²) in [5.41, 5.74) is 4.77. The van der Waals surface area contributed by atoms with Crippen molar-refractivity contribution in [3.63, 3.8) is 0 Å². The van der Waals surface area contributed by atoms with Gasteiger partial charge >= 0.3 is 0 Å². The molecule has 4 aromatic rings. The summed E-state index contributed by atoms with van der Waals surface area (Å²) >= 11 is 0. The second-order valence-electron chi connectivity index (χ2n) is 6.95. The molecule has 4 rings (SSSR count).